The molecule has 2 rings (SSSR count). The van der Waals surface area contributed by atoms with E-state index in [-0.39, 0.29) is 5.41 Å². The van der Waals surface area contributed by atoms with Crippen molar-refractivity contribution < 1.29 is 0 Å². The Hall–Kier alpha value is -1.12. The van der Waals surface area contributed by atoms with E-state index in [4.69, 9.17) is 11.6 Å². The Labute approximate surface area is 126 Å². The Bertz CT molecular complexity index is 536. The number of rotatable bonds is 7. The zero-order chi connectivity index (χ0) is 14.4. The van der Waals surface area contributed by atoms with Crippen molar-refractivity contribution in [2.45, 2.75) is 33.2 Å². The van der Waals surface area contributed by atoms with Crippen molar-refractivity contribution >= 4 is 22.5 Å². The van der Waals surface area contributed by atoms with Gasteiger partial charge in [-0.1, -0.05) is 32.0 Å². The lowest BCUT2D eigenvalue weighted by Gasteiger charge is -2.29. The van der Waals surface area contributed by atoms with Crippen LogP contribution in [0.5, 0.6) is 0 Å². The fraction of sp³-hybridized carbons (Fsp3) is 0.471. The van der Waals surface area contributed by atoms with Crippen LogP contribution in [0.1, 0.15) is 32.3 Å². The van der Waals surface area contributed by atoms with Gasteiger partial charge in [0, 0.05) is 30.6 Å². The SMILES string of the molecule is CCC(CC)(CCl)CNCc1ccnc2ccccc12. The summed E-state index contributed by atoms with van der Waals surface area (Å²) in [6.45, 7) is 6.26. The van der Waals surface area contributed by atoms with E-state index >= 15 is 0 Å². The van der Waals surface area contributed by atoms with Gasteiger partial charge in [-0.05, 0) is 36.0 Å². The lowest BCUT2D eigenvalue weighted by molar-refractivity contribution is 0.286. The number of hydrogen-bond donors (Lipinski definition) is 1. The van der Waals surface area contributed by atoms with Gasteiger partial charge in [0.2, 0.25) is 0 Å². The number of halogens is 1. The summed E-state index contributed by atoms with van der Waals surface area (Å²) >= 11 is 6.15. The number of nitrogens with one attached hydrogen (secondary N) is 1. The molecule has 108 valence electrons. The van der Waals surface area contributed by atoms with Gasteiger partial charge in [0.15, 0.2) is 0 Å². The molecule has 0 radical (unpaired) electrons. The number of para-hydroxylation sites is 1. The number of hydrogen-bond acceptors (Lipinski definition) is 2. The molecule has 1 N–H and O–H groups in total. The number of nitrogens with zero attached hydrogens (tertiary/aromatic N) is 1. The maximum Gasteiger partial charge on any atom is 0.0705 e. The molecule has 2 aromatic rings. The van der Waals surface area contributed by atoms with Crippen LogP contribution in [0, 0.1) is 5.41 Å². The summed E-state index contributed by atoms with van der Waals surface area (Å²) in [6.07, 6.45) is 4.10. The molecule has 0 fully saturated rings. The fourth-order valence-electron chi connectivity index (χ4n) is 2.51. The topological polar surface area (TPSA) is 24.9 Å². The molecule has 0 aliphatic heterocycles. The molecule has 0 saturated heterocycles. The van der Waals surface area contributed by atoms with Crippen LogP contribution in [0.4, 0.5) is 0 Å². The third-order valence-electron chi connectivity index (χ3n) is 4.34. The van der Waals surface area contributed by atoms with Crippen molar-refractivity contribution in [3.63, 3.8) is 0 Å². The van der Waals surface area contributed by atoms with Gasteiger partial charge in [0.05, 0.1) is 5.52 Å². The Kier molecular flexibility index (Phi) is 5.38. The molecule has 1 heterocycles. The quantitative estimate of drug-likeness (QED) is 0.766. The second-order valence-corrected chi connectivity index (χ2v) is 5.70. The number of aromatic nitrogens is 1. The average Bonchev–Trinajstić information content (AvgIpc) is 2.52. The number of alkyl halides is 1. The molecular formula is C17H23ClN2. The smallest absolute Gasteiger partial charge is 0.0705 e. The average molecular weight is 291 g/mol. The van der Waals surface area contributed by atoms with Crippen molar-refractivity contribution in [1.29, 1.82) is 0 Å². The predicted octanol–water partition coefficient (Wildman–Crippen LogP) is 4.37. The van der Waals surface area contributed by atoms with Crippen LogP contribution in [-0.2, 0) is 6.54 Å². The predicted molar refractivity (Wildman–Crippen MR) is 87.2 cm³/mol. The van der Waals surface area contributed by atoms with Crippen molar-refractivity contribution in [1.82, 2.24) is 10.3 Å². The van der Waals surface area contributed by atoms with Gasteiger partial charge in [0.25, 0.3) is 0 Å². The molecule has 1 aromatic heterocycles. The van der Waals surface area contributed by atoms with Gasteiger partial charge in [0.1, 0.15) is 0 Å². The van der Waals surface area contributed by atoms with Gasteiger partial charge in [-0.2, -0.15) is 0 Å². The maximum atomic E-state index is 6.15. The molecular weight excluding hydrogens is 268 g/mol. The monoisotopic (exact) mass is 290 g/mol. The van der Waals surface area contributed by atoms with Crippen molar-refractivity contribution in [3.8, 4) is 0 Å². The molecule has 0 saturated carbocycles. The third-order valence-corrected chi connectivity index (χ3v) is 4.91. The second kappa shape index (κ2) is 7.05. The van der Waals surface area contributed by atoms with Gasteiger partial charge < -0.3 is 5.32 Å². The van der Waals surface area contributed by atoms with E-state index in [9.17, 15) is 0 Å². The summed E-state index contributed by atoms with van der Waals surface area (Å²) < 4.78 is 0. The number of benzene rings is 1. The van der Waals surface area contributed by atoms with Gasteiger partial charge in [-0.25, -0.2) is 0 Å². The highest BCUT2D eigenvalue weighted by Gasteiger charge is 2.24. The standard InChI is InChI=1S/C17H23ClN2/c1-3-17(4-2,12-18)13-19-11-14-9-10-20-16-8-6-5-7-15(14)16/h5-10,19H,3-4,11-13H2,1-2H3. The van der Waals surface area contributed by atoms with Crippen molar-refractivity contribution in [2.75, 3.05) is 12.4 Å². The summed E-state index contributed by atoms with van der Waals surface area (Å²) in [5.41, 5.74) is 2.57. The van der Waals surface area contributed by atoms with Gasteiger partial charge in [-0.3, -0.25) is 4.98 Å². The van der Waals surface area contributed by atoms with E-state index in [0.29, 0.717) is 5.88 Å². The van der Waals surface area contributed by atoms with E-state index in [1.54, 1.807) is 0 Å². The van der Waals surface area contributed by atoms with Gasteiger partial charge >= 0.3 is 0 Å². The summed E-state index contributed by atoms with van der Waals surface area (Å²) in [4.78, 5) is 4.40. The number of fused-ring (bicyclic) bond motifs is 1. The second-order valence-electron chi connectivity index (χ2n) is 5.43. The van der Waals surface area contributed by atoms with Gasteiger partial charge in [-0.15, -0.1) is 11.6 Å². The molecule has 1 aromatic carbocycles. The Morgan fingerprint density at radius 1 is 1.15 bits per heavy atom. The van der Waals surface area contributed by atoms with E-state index in [2.05, 4.69) is 48.4 Å². The first kappa shape index (κ1) is 15.3. The van der Waals surface area contributed by atoms with E-state index < -0.39 is 0 Å². The first-order valence-corrected chi connectivity index (χ1v) is 7.87. The first-order valence-electron chi connectivity index (χ1n) is 7.34. The minimum absolute atomic E-state index is 0.213. The zero-order valence-corrected chi connectivity index (χ0v) is 13.1. The van der Waals surface area contributed by atoms with Crippen LogP contribution >= 0.6 is 11.6 Å². The summed E-state index contributed by atoms with van der Waals surface area (Å²) in [6, 6.07) is 10.4. The lowest BCUT2D eigenvalue weighted by Crippen LogP contribution is -2.34. The van der Waals surface area contributed by atoms with Crippen molar-refractivity contribution in [3.05, 3.63) is 42.1 Å². The van der Waals surface area contributed by atoms with Crippen LogP contribution in [0.2, 0.25) is 0 Å². The Balaban J connectivity index is 2.06. The highest BCUT2D eigenvalue weighted by molar-refractivity contribution is 6.18. The Morgan fingerprint density at radius 2 is 1.90 bits per heavy atom. The molecule has 0 unspecified atom stereocenters. The normalized spacial score (nSPS) is 11.9. The molecule has 0 aliphatic rings. The first-order chi connectivity index (χ1) is 9.74. The molecule has 0 aliphatic carbocycles. The van der Waals surface area contributed by atoms with E-state index in [1.165, 1.54) is 10.9 Å². The Morgan fingerprint density at radius 3 is 2.60 bits per heavy atom. The summed E-state index contributed by atoms with van der Waals surface area (Å²) in [7, 11) is 0. The van der Waals surface area contributed by atoms with Crippen LogP contribution in [0.3, 0.4) is 0 Å². The molecule has 2 nitrogen and oxygen atoms in total. The van der Waals surface area contributed by atoms with Crippen molar-refractivity contribution in [2.24, 2.45) is 5.41 Å². The summed E-state index contributed by atoms with van der Waals surface area (Å²) in [5.74, 6) is 0.712. The lowest BCUT2D eigenvalue weighted by atomic mass is 9.84. The molecule has 0 amide bonds. The number of pyridine rings is 1. The van der Waals surface area contributed by atoms with Crippen LogP contribution in [-0.4, -0.2) is 17.4 Å². The molecule has 0 atom stereocenters. The van der Waals surface area contributed by atoms with E-state index in [1.807, 2.05) is 12.3 Å². The highest BCUT2D eigenvalue weighted by atomic mass is 35.5. The molecule has 20 heavy (non-hydrogen) atoms. The zero-order valence-electron chi connectivity index (χ0n) is 12.3. The molecule has 3 heteroatoms. The third kappa shape index (κ3) is 3.31. The van der Waals surface area contributed by atoms with Crippen LogP contribution in [0.25, 0.3) is 10.9 Å². The van der Waals surface area contributed by atoms with Crippen LogP contribution < -0.4 is 5.32 Å². The van der Waals surface area contributed by atoms with E-state index in [0.717, 1.165) is 31.4 Å². The molecule has 0 bridgehead atoms. The minimum Gasteiger partial charge on any atom is -0.312 e. The molecule has 0 spiro atoms. The largest absolute Gasteiger partial charge is 0.312 e. The minimum atomic E-state index is 0.213. The van der Waals surface area contributed by atoms with Crippen LogP contribution in [0.15, 0.2) is 36.5 Å². The summed E-state index contributed by atoms with van der Waals surface area (Å²) in [5, 5.41) is 4.80. The highest BCUT2D eigenvalue weighted by Crippen LogP contribution is 2.27. The fourth-order valence-corrected chi connectivity index (χ4v) is 2.98. The maximum absolute atomic E-state index is 6.15.